The van der Waals surface area contributed by atoms with Crippen LogP contribution in [-0.4, -0.2) is 70.4 Å². The van der Waals surface area contributed by atoms with Crippen molar-refractivity contribution in [2.75, 3.05) is 26.4 Å². The Hall–Kier alpha value is -1.40. The highest BCUT2D eigenvalue weighted by molar-refractivity contribution is 7.47. The van der Waals surface area contributed by atoms with Gasteiger partial charge in [-0.2, -0.15) is 0 Å². The quantitative estimate of drug-likeness (QED) is 0.0214. The summed E-state index contributed by atoms with van der Waals surface area (Å²) in [6.45, 7) is 1.65. The van der Waals surface area contributed by atoms with Crippen molar-refractivity contribution in [3.05, 3.63) is 24.3 Å². The van der Waals surface area contributed by atoms with Gasteiger partial charge in [-0.05, 0) is 64.2 Å². The molecule has 49 heavy (non-hydrogen) atoms. The van der Waals surface area contributed by atoms with Crippen molar-refractivity contribution in [3.63, 3.8) is 0 Å². The third-order valence-electron chi connectivity index (χ3n) is 7.30. The summed E-state index contributed by atoms with van der Waals surface area (Å²) in [4.78, 5) is 52.2. The second kappa shape index (κ2) is 31.3. The van der Waals surface area contributed by atoms with Crippen LogP contribution in [0.25, 0.3) is 0 Å². The first-order valence-corrected chi connectivity index (χ1v) is 21.1. The molecule has 0 aromatic rings. The molecule has 13 nitrogen and oxygen atoms in total. The van der Waals surface area contributed by atoms with Crippen LogP contribution in [0.4, 0.5) is 0 Å². The van der Waals surface area contributed by atoms with Gasteiger partial charge < -0.3 is 29.3 Å². The van der Waals surface area contributed by atoms with Crippen LogP contribution in [-0.2, 0) is 41.8 Å². The number of hydrogen-bond acceptors (Lipinski definition) is 10. The SMILES string of the molecule is CCCCCC/C=C\CCCCCC(=O)OC[C@H](COP(=O)(O)OC[C@@H](O)COP(=O)(O)O)OC(=O)CCCCC/C=C\CCCCCC. The van der Waals surface area contributed by atoms with E-state index in [1.165, 1.54) is 51.4 Å². The van der Waals surface area contributed by atoms with E-state index < -0.39 is 66.2 Å². The molecule has 0 heterocycles. The van der Waals surface area contributed by atoms with E-state index in [1.54, 1.807) is 0 Å². The lowest BCUT2D eigenvalue weighted by Gasteiger charge is -2.20. The van der Waals surface area contributed by atoms with Crippen molar-refractivity contribution in [1.29, 1.82) is 0 Å². The summed E-state index contributed by atoms with van der Waals surface area (Å²) in [6.07, 6.45) is 24.9. The number of hydrogen-bond donors (Lipinski definition) is 4. The third-order valence-corrected chi connectivity index (χ3v) is 8.74. The van der Waals surface area contributed by atoms with Gasteiger partial charge in [0, 0.05) is 12.8 Å². The maximum atomic E-state index is 12.5. The number of carbonyl (C=O) groups is 2. The van der Waals surface area contributed by atoms with E-state index in [-0.39, 0.29) is 12.8 Å². The Kier molecular flexibility index (Phi) is 30.4. The molecule has 0 aliphatic carbocycles. The maximum absolute atomic E-state index is 12.5. The number of esters is 2. The first-order chi connectivity index (χ1) is 23.4. The first-order valence-electron chi connectivity index (χ1n) is 18.0. The fourth-order valence-corrected chi connectivity index (χ4v) is 5.67. The number of unbranched alkanes of at least 4 members (excludes halogenated alkanes) is 14. The molecule has 0 aliphatic heterocycles. The Morgan fingerprint density at radius 3 is 1.47 bits per heavy atom. The standard InChI is InChI=1S/C34H64O13P2/c1-3-5-7-9-11-13-15-17-19-21-23-25-33(36)43-29-32(30-46-49(41,42)45-28-31(35)27-44-48(38,39)40)47-34(37)26-24-22-20-18-16-14-12-10-8-6-4-2/h13-16,31-32,35H,3-12,17-30H2,1-2H3,(H,41,42)(H2,38,39,40)/b15-13-,16-14-/t31-,32+/m0/s1. The van der Waals surface area contributed by atoms with Crippen molar-refractivity contribution in [2.45, 2.75) is 154 Å². The van der Waals surface area contributed by atoms with E-state index in [1.807, 2.05) is 0 Å². The van der Waals surface area contributed by atoms with Gasteiger partial charge in [-0.3, -0.25) is 23.2 Å². The molecule has 0 fully saturated rings. The van der Waals surface area contributed by atoms with Crippen LogP contribution < -0.4 is 0 Å². The third kappa shape index (κ3) is 34.8. The molecule has 0 saturated heterocycles. The highest BCUT2D eigenvalue weighted by Crippen LogP contribution is 2.43. The van der Waals surface area contributed by atoms with Crippen LogP contribution in [0.1, 0.15) is 142 Å². The summed E-state index contributed by atoms with van der Waals surface area (Å²) in [6, 6.07) is 0. The average molecular weight is 743 g/mol. The Morgan fingerprint density at radius 1 is 0.571 bits per heavy atom. The molecule has 0 aromatic heterocycles. The van der Waals surface area contributed by atoms with E-state index in [4.69, 9.17) is 23.8 Å². The lowest BCUT2D eigenvalue weighted by atomic mass is 10.1. The Morgan fingerprint density at radius 2 is 1.00 bits per heavy atom. The number of ether oxygens (including phenoxy) is 2. The smallest absolute Gasteiger partial charge is 0.462 e. The van der Waals surface area contributed by atoms with Crippen LogP contribution in [0, 0.1) is 0 Å². The van der Waals surface area contributed by atoms with Crippen LogP contribution in [0.2, 0.25) is 0 Å². The van der Waals surface area contributed by atoms with Gasteiger partial charge in [-0.1, -0.05) is 89.5 Å². The minimum absolute atomic E-state index is 0.109. The van der Waals surface area contributed by atoms with Crippen molar-refractivity contribution >= 4 is 27.6 Å². The van der Waals surface area contributed by atoms with Crippen molar-refractivity contribution < 1.29 is 61.6 Å². The van der Waals surface area contributed by atoms with Crippen LogP contribution in [0.15, 0.2) is 24.3 Å². The summed E-state index contributed by atoms with van der Waals surface area (Å²) < 4.78 is 47.4. The normalized spacial score (nSPS) is 14.7. The molecule has 15 heteroatoms. The van der Waals surface area contributed by atoms with Gasteiger partial charge in [0.2, 0.25) is 0 Å². The van der Waals surface area contributed by atoms with Gasteiger partial charge in [-0.25, -0.2) is 9.13 Å². The maximum Gasteiger partial charge on any atom is 0.472 e. The molecular weight excluding hydrogens is 678 g/mol. The summed E-state index contributed by atoms with van der Waals surface area (Å²) in [5.41, 5.74) is 0. The monoisotopic (exact) mass is 742 g/mol. The zero-order valence-corrected chi connectivity index (χ0v) is 31.6. The van der Waals surface area contributed by atoms with Crippen LogP contribution >= 0.6 is 15.6 Å². The molecule has 0 amide bonds. The number of aliphatic hydroxyl groups is 1. The lowest BCUT2D eigenvalue weighted by molar-refractivity contribution is -0.161. The number of rotatable bonds is 34. The zero-order valence-electron chi connectivity index (χ0n) is 29.8. The summed E-state index contributed by atoms with van der Waals surface area (Å²) >= 11 is 0. The number of phosphoric acid groups is 2. The van der Waals surface area contributed by atoms with E-state index in [9.17, 15) is 28.7 Å². The fraction of sp³-hybridized carbons (Fsp3) is 0.824. The lowest BCUT2D eigenvalue weighted by Crippen LogP contribution is -2.30. The molecule has 0 bridgehead atoms. The predicted molar refractivity (Wildman–Crippen MR) is 189 cm³/mol. The molecule has 0 saturated carbocycles. The fourth-order valence-electron chi connectivity index (χ4n) is 4.51. The van der Waals surface area contributed by atoms with Crippen molar-refractivity contribution in [1.82, 2.24) is 0 Å². The molecule has 1 unspecified atom stereocenters. The molecule has 0 aliphatic rings. The molecular formula is C34H64O13P2. The Bertz CT molecular complexity index is 983. The largest absolute Gasteiger partial charge is 0.472 e. The Labute approximate surface area is 294 Å². The van der Waals surface area contributed by atoms with Crippen LogP contribution in [0.5, 0.6) is 0 Å². The summed E-state index contributed by atoms with van der Waals surface area (Å²) in [5, 5.41) is 9.68. The minimum Gasteiger partial charge on any atom is -0.462 e. The molecule has 0 rings (SSSR count). The topological polar surface area (TPSA) is 195 Å². The molecule has 3 atom stereocenters. The summed E-state index contributed by atoms with van der Waals surface area (Å²) in [5.74, 6) is -1.07. The predicted octanol–water partition coefficient (Wildman–Crippen LogP) is 8.00. The van der Waals surface area contributed by atoms with Gasteiger partial charge in [0.15, 0.2) is 6.10 Å². The number of allylic oxidation sites excluding steroid dienone is 4. The second-order valence-corrected chi connectivity index (χ2v) is 14.8. The number of phosphoric ester groups is 2. The van der Waals surface area contributed by atoms with E-state index in [0.717, 1.165) is 51.4 Å². The Balaban J connectivity index is 4.67. The molecule has 0 spiro atoms. The molecule has 0 radical (unpaired) electrons. The first kappa shape index (κ1) is 47.6. The van der Waals surface area contributed by atoms with E-state index in [2.05, 4.69) is 47.2 Å². The van der Waals surface area contributed by atoms with Gasteiger partial charge in [-0.15, -0.1) is 0 Å². The second-order valence-electron chi connectivity index (χ2n) is 12.1. The molecule has 4 N–H and O–H groups in total. The van der Waals surface area contributed by atoms with Gasteiger partial charge in [0.25, 0.3) is 0 Å². The number of carbonyl (C=O) groups excluding carboxylic acids is 2. The highest BCUT2D eigenvalue weighted by atomic mass is 31.2. The highest BCUT2D eigenvalue weighted by Gasteiger charge is 2.28. The summed E-state index contributed by atoms with van der Waals surface area (Å²) in [7, 11) is -9.65. The number of aliphatic hydroxyl groups excluding tert-OH is 1. The molecule has 288 valence electrons. The average Bonchev–Trinajstić information content (AvgIpc) is 3.05. The molecule has 0 aromatic carbocycles. The minimum atomic E-state index is -4.86. The van der Waals surface area contributed by atoms with Crippen molar-refractivity contribution in [2.24, 2.45) is 0 Å². The van der Waals surface area contributed by atoms with Crippen LogP contribution in [0.3, 0.4) is 0 Å². The van der Waals surface area contributed by atoms with Gasteiger partial charge >= 0.3 is 27.6 Å². The van der Waals surface area contributed by atoms with E-state index in [0.29, 0.717) is 12.8 Å². The van der Waals surface area contributed by atoms with Gasteiger partial charge in [0.05, 0.1) is 19.8 Å². The van der Waals surface area contributed by atoms with Gasteiger partial charge in [0.1, 0.15) is 12.7 Å². The van der Waals surface area contributed by atoms with Crippen molar-refractivity contribution in [3.8, 4) is 0 Å². The van der Waals surface area contributed by atoms with E-state index >= 15 is 0 Å². The zero-order chi connectivity index (χ0) is 36.6.